The van der Waals surface area contributed by atoms with Crippen LogP contribution in [0.2, 0.25) is 0 Å². The highest BCUT2D eigenvalue weighted by molar-refractivity contribution is 5.98. The summed E-state index contributed by atoms with van der Waals surface area (Å²) in [6.45, 7) is 4.65. The molecular formula is C18H24N2O. The van der Waals surface area contributed by atoms with E-state index in [1.165, 1.54) is 12.8 Å². The predicted molar refractivity (Wildman–Crippen MR) is 86.4 cm³/mol. The van der Waals surface area contributed by atoms with Crippen molar-refractivity contribution in [3.8, 4) is 0 Å². The second kappa shape index (κ2) is 5.21. The Morgan fingerprint density at radius 1 is 1.24 bits per heavy atom. The molecule has 0 radical (unpaired) electrons. The second-order valence-corrected chi connectivity index (χ2v) is 7.09. The Hall–Kier alpha value is -1.77. The molecule has 0 bridgehead atoms. The molecule has 1 aliphatic rings. The van der Waals surface area contributed by atoms with Gasteiger partial charge in [0.25, 0.3) is 5.91 Å². The molecule has 1 aromatic carbocycles. The Bertz CT molecular complexity index is 646. The zero-order valence-electron chi connectivity index (χ0n) is 13.1. The zero-order valence-corrected chi connectivity index (χ0v) is 13.1. The van der Waals surface area contributed by atoms with Crippen molar-refractivity contribution >= 4 is 16.8 Å². The summed E-state index contributed by atoms with van der Waals surface area (Å²) in [6.07, 6.45) is 6.54. The number of rotatable bonds is 2. The molecule has 21 heavy (non-hydrogen) atoms. The number of aromatic nitrogens is 1. The highest BCUT2D eigenvalue weighted by atomic mass is 16.2. The van der Waals surface area contributed by atoms with Crippen molar-refractivity contribution in [2.45, 2.75) is 45.6 Å². The third-order valence-electron chi connectivity index (χ3n) is 4.98. The molecule has 3 heteroatoms. The van der Waals surface area contributed by atoms with Crippen molar-refractivity contribution in [2.75, 3.05) is 7.05 Å². The van der Waals surface area contributed by atoms with Crippen molar-refractivity contribution in [3.05, 3.63) is 36.0 Å². The van der Waals surface area contributed by atoms with E-state index in [9.17, 15) is 4.79 Å². The number of fused-ring (bicyclic) bond motifs is 1. The number of carbonyl (C=O) groups excluding carboxylic acids is 1. The molecule has 1 saturated carbocycles. The number of hydrogen-bond donors (Lipinski definition) is 1. The van der Waals surface area contributed by atoms with Crippen molar-refractivity contribution in [1.29, 1.82) is 0 Å². The SMILES string of the molecule is CN(C(=O)c1ccc2[nH]ccc2c1)C1CCC(C)(C)CC1. The first-order valence-corrected chi connectivity index (χ1v) is 7.81. The standard InChI is InChI=1S/C18H24N2O/c1-18(2)9-6-15(7-10-18)20(3)17(21)14-4-5-16-13(12-14)8-11-19-16/h4-5,8,11-12,15,19H,6-7,9-10H2,1-3H3. The summed E-state index contributed by atoms with van der Waals surface area (Å²) >= 11 is 0. The smallest absolute Gasteiger partial charge is 0.253 e. The van der Waals surface area contributed by atoms with Crippen LogP contribution in [0.4, 0.5) is 0 Å². The van der Waals surface area contributed by atoms with E-state index in [2.05, 4.69) is 18.8 Å². The molecule has 1 aromatic heterocycles. The third-order valence-corrected chi connectivity index (χ3v) is 4.98. The Morgan fingerprint density at radius 3 is 2.67 bits per heavy atom. The molecular weight excluding hydrogens is 260 g/mol. The van der Waals surface area contributed by atoms with Crippen LogP contribution in [0.25, 0.3) is 10.9 Å². The summed E-state index contributed by atoms with van der Waals surface area (Å²) in [5.74, 6) is 0.141. The number of aromatic amines is 1. The number of carbonyl (C=O) groups is 1. The normalized spacial score (nSPS) is 18.8. The summed E-state index contributed by atoms with van der Waals surface area (Å²) in [5.41, 5.74) is 2.30. The maximum Gasteiger partial charge on any atom is 0.253 e. The maximum absolute atomic E-state index is 12.7. The van der Waals surface area contributed by atoms with E-state index in [0.29, 0.717) is 11.5 Å². The molecule has 1 heterocycles. The van der Waals surface area contributed by atoms with Gasteiger partial charge in [-0.3, -0.25) is 4.79 Å². The molecule has 112 valence electrons. The third kappa shape index (κ3) is 2.82. The average molecular weight is 284 g/mol. The van der Waals surface area contributed by atoms with Crippen LogP contribution in [0, 0.1) is 5.41 Å². The van der Waals surface area contributed by atoms with Crippen LogP contribution in [-0.2, 0) is 0 Å². The van der Waals surface area contributed by atoms with E-state index in [1.807, 2.05) is 42.4 Å². The molecule has 3 rings (SSSR count). The summed E-state index contributed by atoms with van der Waals surface area (Å²) in [4.78, 5) is 17.8. The van der Waals surface area contributed by atoms with Crippen molar-refractivity contribution < 1.29 is 4.79 Å². The van der Waals surface area contributed by atoms with Crippen LogP contribution in [0.15, 0.2) is 30.5 Å². The van der Waals surface area contributed by atoms with E-state index < -0.39 is 0 Å². The van der Waals surface area contributed by atoms with E-state index in [0.717, 1.165) is 29.3 Å². The van der Waals surface area contributed by atoms with Crippen molar-refractivity contribution in [3.63, 3.8) is 0 Å². The first-order valence-electron chi connectivity index (χ1n) is 7.81. The van der Waals surface area contributed by atoms with Crippen LogP contribution in [-0.4, -0.2) is 28.9 Å². The summed E-state index contributed by atoms with van der Waals surface area (Å²) in [5, 5.41) is 1.10. The van der Waals surface area contributed by atoms with Gasteiger partial charge in [0.05, 0.1) is 0 Å². The fraction of sp³-hybridized carbons (Fsp3) is 0.500. The zero-order chi connectivity index (χ0) is 15.0. The Labute approximate surface area is 126 Å². The monoisotopic (exact) mass is 284 g/mol. The number of amides is 1. The number of nitrogens with one attached hydrogen (secondary N) is 1. The highest BCUT2D eigenvalue weighted by Gasteiger charge is 2.30. The minimum Gasteiger partial charge on any atom is -0.361 e. The van der Waals surface area contributed by atoms with Crippen LogP contribution < -0.4 is 0 Å². The van der Waals surface area contributed by atoms with Gasteiger partial charge in [0, 0.05) is 35.8 Å². The first-order chi connectivity index (χ1) is 9.96. The number of hydrogen-bond acceptors (Lipinski definition) is 1. The molecule has 1 aliphatic carbocycles. The fourth-order valence-corrected chi connectivity index (χ4v) is 3.33. The van der Waals surface area contributed by atoms with Gasteiger partial charge in [-0.2, -0.15) is 0 Å². The number of nitrogens with zero attached hydrogens (tertiary/aromatic N) is 1. The average Bonchev–Trinajstić information content (AvgIpc) is 2.93. The molecule has 3 nitrogen and oxygen atoms in total. The molecule has 0 saturated heterocycles. The topological polar surface area (TPSA) is 36.1 Å². The molecule has 1 fully saturated rings. The van der Waals surface area contributed by atoms with Crippen molar-refractivity contribution in [2.24, 2.45) is 5.41 Å². The number of H-pyrrole nitrogens is 1. The predicted octanol–water partition coefficient (Wildman–Crippen LogP) is 4.21. The van der Waals surface area contributed by atoms with Crippen LogP contribution in [0.3, 0.4) is 0 Å². The molecule has 1 amide bonds. The lowest BCUT2D eigenvalue weighted by Crippen LogP contribution is -2.40. The van der Waals surface area contributed by atoms with Gasteiger partial charge >= 0.3 is 0 Å². The maximum atomic E-state index is 12.7. The molecule has 0 spiro atoms. The molecule has 0 aliphatic heterocycles. The van der Waals surface area contributed by atoms with Gasteiger partial charge in [-0.1, -0.05) is 13.8 Å². The van der Waals surface area contributed by atoms with Gasteiger partial charge in [-0.15, -0.1) is 0 Å². The lowest BCUT2D eigenvalue weighted by Gasteiger charge is -2.38. The van der Waals surface area contributed by atoms with Gasteiger partial charge in [-0.05, 0) is 55.4 Å². The van der Waals surface area contributed by atoms with Crippen LogP contribution in [0.1, 0.15) is 49.9 Å². The van der Waals surface area contributed by atoms with Crippen LogP contribution in [0.5, 0.6) is 0 Å². The van der Waals surface area contributed by atoms with E-state index >= 15 is 0 Å². The minimum atomic E-state index is 0.141. The largest absolute Gasteiger partial charge is 0.361 e. The highest BCUT2D eigenvalue weighted by Crippen LogP contribution is 2.36. The van der Waals surface area contributed by atoms with E-state index in [-0.39, 0.29) is 5.91 Å². The molecule has 1 N–H and O–H groups in total. The van der Waals surface area contributed by atoms with Gasteiger partial charge in [0.15, 0.2) is 0 Å². The van der Waals surface area contributed by atoms with Crippen LogP contribution >= 0.6 is 0 Å². The lowest BCUT2D eigenvalue weighted by atomic mass is 9.75. The Kier molecular flexibility index (Phi) is 3.52. The Morgan fingerprint density at radius 2 is 1.95 bits per heavy atom. The fourth-order valence-electron chi connectivity index (χ4n) is 3.33. The quantitative estimate of drug-likeness (QED) is 0.881. The minimum absolute atomic E-state index is 0.141. The summed E-state index contributed by atoms with van der Waals surface area (Å²) in [7, 11) is 1.95. The summed E-state index contributed by atoms with van der Waals surface area (Å²) in [6, 6.07) is 8.28. The summed E-state index contributed by atoms with van der Waals surface area (Å²) < 4.78 is 0. The van der Waals surface area contributed by atoms with Crippen molar-refractivity contribution in [1.82, 2.24) is 9.88 Å². The van der Waals surface area contributed by atoms with Gasteiger partial charge < -0.3 is 9.88 Å². The van der Waals surface area contributed by atoms with Gasteiger partial charge in [-0.25, -0.2) is 0 Å². The van der Waals surface area contributed by atoms with Gasteiger partial charge in [0.1, 0.15) is 0 Å². The second-order valence-electron chi connectivity index (χ2n) is 7.09. The van der Waals surface area contributed by atoms with E-state index in [1.54, 1.807) is 0 Å². The van der Waals surface area contributed by atoms with E-state index in [4.69, 9.17) is 0 Å². The Balaban J connectivity index is 1.75. The molecule has 0 unspecified atom stereocenters. The number of benzene rings is 1. The first kappa shape index (κ1) is 14.2. The molecule has 0 atom stereocenters. The van der Waals surface area contributed by atoms with Gasteiger partial charge in [0.2, 0.25) is 0 Å². The lowest BCUT2D eigenvalue weighted by molar-refractivity contribution is 0.0635. The molecule has 2 aromatic rings.